The molecule has 0 amide bonds. The van der Waals surface area contributed by atoms with Gasteiger partial charge >= 0.3 is 0 Å². The molecule has 0 aromatic heterocycles. The Bertz CT molecular complexity index is 289. The summed E-state index contributed by atoms with van der Waals surface area (Å²) in [6, 6.07) is 0. The molecule has 0 spiro atoms. The first-order valence-electron chi connectivity index (χ1n) is 7.22. The van der Waals surface area contributed by atoms with Crippen LogP contribution in [0.4, 0.5) is 0 Å². The molecule has 0 bridgehead atoms. The number of nitrogens with two attached hydrogens (primary N) is 1. The maximum Gasteiger partial charge on any atom is 0.191 e. The van der Waals surface area contributed by atoms with Crippen molar-refractivity contribution in [1.82, 2.24) is 4.90 Å². The molecule has 0 atom stereocenters. The Morgan fingerprint density at radius 1 is 1.28 bits per heavy atom. The predicted octanol–water partition coefficient (Wildman–Crippen LogP) is 1.85. The molecular weight excluding hydrogens is 226 g/mol. The fourth-order valence-electron chi connectivity index (χ4n) is 3.01. The summed E-state index contributed by atoms with van der Waals surface area (Å²) in [4.78, 5) is 6.76. The Morgan fingerprint density at radius 2 is 1.89 bits per heavy atom. The standard InChI is InChI=1S/C14H27N3O/c1-14(2,12-5-3-4-6-12)11-16-13(15)17-7-9-18-10-8-17/h12H,3-11H2,1-2H3,(H2,15,16). The maximum atomic E-state index is 6.07. The van der Waals surface area contributed by atoms with Crippen molar-refractivity contribution in [1.29, 1.82) is 0 Å². The molecule has 1 heterocycles. The molecule has 0 aromatic rings. The van der Waals surface area contributed by atoms with Crippen LogP contribution in [-0.4, -0.2) is 43.7 Å². The minimum absolute atomic E-state index is 0.285. The van der Waals surface area contributed by atoms with Crippen molar-refractivity contribution < 1.29 is 4.74 Å². The molecule has 104 valence electrons. The molecule has 2 aliphatic rings. The molecular formula is C14H27N3O. The van der Waals surface area contributed by atoms with Gasteiger partial charge in [-0.25, -0.2) is 0 Å². The Balaban J connectivity index is 1.87. The van der Waals surface area contributed by atoms with E-state index >= 15 is 0 Å². The number of nitrogens with zero attached hydrogens (tertiary/aromatic N) is 2. The largest absolute Gasteiger partial charge is 0.378 e. The average molecular weight is 253 g/mol. The van der Waals surface area contributed by atoms with Gasteiger partial charge in [-0.3, -0.25) is 4.99 Å². The van der Waals surface area contributed by atoms with Gasteiger partial charge in [-0.15, -0.1) is 0 Å². The minimum atomic E-state index is 0.285. The van der Waals surface area contributed by atoms with Gasteiger partial charge < -0.3 is 15.4 Å². The fourth-order valence-corrected chi connectivity index (χ4v) is 3.01. The zero-order valence-corrected chi connectivity index (χ0v) is 11.8. The van der Waals surface area contributed by atoms with Gasteiger partial charge in [0.05, 0.1) is 13.2 Å². The predicted molar refractivity (Wildman–Crippen MR) is 74.6 cm³/mol. The number of hydrogen-bond donors (Lipinski definition) is 1. The summed E-state index contributed by atoms with van der Waals surface area (Å²) < 4.78 is 5.32. The van der Waals surface area contributed by atoms with E-state index in [1.165, 1.54) is 25.7 Å². The lowest BCUT2D eigenvalue weighted by molar-refractivity contribution is 0.0672. The molecule has 1 saturated carbocycles. The normalized spacial score (nSPS) is 23.7. The number of morpholine rings is 1. The van der Waals surface area contributed by atoms with Crippen molar-refractivity contribution >= 4 is 5.96 Å². The number of ether oxygens (including phenoxy) is 1. The first-order chi connectivity index (χ1) is 8.59. The number of hydrogen-bond acceptors (Lipinski definition) is 2. The van der Waals surface area contributed by atoms with Gasteiger partial charge in [0.25, 0.3) is 0 Å². The summed E-state index contributed by atoms with van der Waals surface area (Å²) in [7, 11) is 0. The lowest BCUT2D eigenvalue weighted by atomic mass is 9.78. The third kappa shape index (κ3) is 3.37. The minimum Gasteiger partial charge on any atom is -0.378 e. The van der Waals surface area contributed by atoms with Crippen molar-refractivity contribution in [3.05, 3.63) is 0 Å². The van der Waals surface area contributed by atoms with Gasteiger partial charge in [0, 0.05) is 19.6 Å². The lowest BCUT2D eigenvalue weighted by Crippen LogP contribution is -2.45. The van der Waals surface area contributed by atoms with E-state index in [2.05, 4.69) is 23.7 Å². The monoisotopic (exact) mass is 253 g/mol. The van der Waals surface area contributed by atoms with Crippen LogP contribution in [0.1, 0.15) is 39.5 Å². The van der Waals surface area contributed by atoms with E-state index in [0.29, 0.717) is 5.96 Å². The Morgan fingerprint density at radius 3 is 2.50 bits per heavy atom. The second-order valence-electron chi connectivity index (χ2n) is 6.24. The molecule has 1 aliphatic heterocycles. The van der Waals surface area contributed by atoms with Gasteiger partial charge in [0.15, 0.2) is 5.96 Å². The second kappa shape index (κ2) is 5.91. The smallest absolute Gasteiger partial charge is 0.191 e. The van der Waals surface area contributed by atoms with Gasteiger partial charge in [-0.2, -0.15) is 0 Å². The fraction of sp³-hybridized carbons (Fsp3) is 0.929. The third-order valence-electron chi connectivity index (χ3n) is 4.44. The van der Waals surface area contributed by atoms with E-state index in [0.717, 1.165) is 38.8 Å². The van der Waals surface area contributed by atoms with Gasteiger partial charge in [-0.1, -0.05) is 26.7 Å². The molecule has 4 nitrogen and oxygen atoms in total. The zero-order chi connectivity index (χ0) is 13.0. The Hall–Kier alpha value is -0.770. The second-order valence-corrected chi connectivity index (χ2v) is 6.24. The Kier molecular flexibility index (Phi) is 4.49. The summed E-state index contributed by atoms with van der Waals surface area (Å²) in [6.45, 7) is 8.79. The molecule has 0 radical (unpaired) electrons. The van der Waals surface area contributed by atoms with E-state index in [-0.39, 0.29) is 5.41 Å². The molecule has 0 aromatic carbocycles. The summed E-state index contributed by atoms with van der Waals surface area (Å²) in [5.74, 6) is 1.52. The quantitative estimate of drug-likeness (QED) is 0.617. The zero-order valence-electron chi connectivity index (χ0n) is 11.8. The van der Waals surface area contributed by atoms with E-state index in [9.17, 15) is 0 Å². The van der Waals surface area contributed by atoms with Gasteiger partial charge in [0.2, 0.25) is 0 Å². The van der Waals surface area contributed by atoms with Gasteiger partial charge in [0.1, 0.15) is 0 Å². The van der Waals surface area contributed by atoms with Gasteiger partial charge in [-0.05, 0) is 24.2 Å². The van der Waals surface area contributed by atoms with Crippen molar-refractivity contribution in [2.24, 2.45) is 22.1 Å². The Labute approximate surface area is 111 Å². The van der Waals surface area contributed by atoms with Crippen molar-refractivity contribution in [2.45, 2.75) is 39.5 Å². The highest BCUT2D eigenvalue weighted by atomic mass is 16.5. The molecule has 2 N–H and O–H groups in total. The van der Waals surface area contributed by atoms with Crippen LogP contribution in [0.25, 0.3) is 0 Å². The van der Waals surface area contributed by atoms with E-state index in [1.807, 2.05) is 0 Å². The summed E-state index contributed by atoms with van der Waals surface area (Å²) >= 11 is 0. The van der Waals surface area contributed by atoms with E-state index in [4.69, 9.17) is 10.5 Å². The van der Waals surface area contributed by atoms with Crippen molar-refractivity contribution in [2.75, 3.05) is 32.8 Å². The molecule has 1 aliphatic carbocycles. The maximum absolute atomic E-state index is 6.07. The first-order valence-corrected chi connectivity index (χ1v) is 7.22. The van der Waals surface area contributed by atoms with Crippen LogP contribution in [0.5, 0.6) is 0 Å². The highest BCUT2D eigenvalue weighted by Gasteiger charge is 2.31. The molecule has 2 fully saturated rings. The lowest BCUT2D eigenvalue weighted by Gasteiger charge is -2.32. The van der Waals surface area contributed by atoms with Crippen LogP contribution in [-0.2, 0) is 4.74 Å². The van der Waals surface area contributed by atoms with Crippen LogP contribution in [0, 0.1) is 11.3 Å². The summed E-state index contributed by atoms with van der Waals surface area (Å²) in [6.07, 6.45) is 5.49. The van der Waals surface area contributed by atoms with Crippen LogP contribution < -0.4 is 5.73 Å². The van der Waals surface area contributed by atoms with Crippen LogP contribution in [0.3, 0.4) is 0 Å². The third-order valence-corrected chi connectivity index (χ3v) is 4.44. The molecule has 4 heteroatoms. The molecule has 2 rings (SSSR count). The highest BCUT2D eigenvalue weighted by Crippen LogP contribution is 2.39. The molecule has 1 saturated heterocycles. The number of rotatable bonds is 3. The van der Waals surface area contributed by atoms with E-state index < -0.39 is 0 Å². The molecule has 0 unspecified atom stereocenters. The first kappa shape index (κ1) is 13.7. The van der Waals surface area contributed by atoms with Crippen LogP contribution in [0.15, 0.2) is 4.99 Å². The summed E-state index contributed by atoms with van der Waals surface area (Å²) in [5, 5.41) is 0. The van der Waals surface area contributed by atoms with Crippen molar-refractivity contribution in [3.8, 4) is 0 Å². The number of guanidine groups is 1. The topological polar surface area (TPSA) is 50.8 Å². The highest BCUT2D eigenvalue weighted by molar-refractivity contribution is 5.78. The average Bonchev–Trinajstić information content (AvgIpc) is 2.92. The SMILES string of the molecule is CC(C)(CN=C(N)N1CCOCC1)C1CCCC1. The summed E-state index contributed by atoms with van der Waals surface area (Å²) in [5.41, 5.74) is 6.36. The van der Waals surface area contributed by atoms with E-state index in [1.54, 1.807) is 0 Å². The molecule has 18 heavy (non-hydrogen) atoms. The van der Waals surface area contributed by atoms with Crippen molar-refractivity contribution in [3.63, 3.8) is 0 Å². The van der Waals surface area contributed by atoms with Crippen LogP contribution >= 0.6 is 0 Å². The van der Waals surface area contributed by atoms with Crippen LogP contribution in [0.2, 0.25) is 0 Å². The number of aliphatic imine (C=N–C) groups is 1.